The van der Waals surface area contributed by atoms with E-state index < -0.39 is 0 Å². The minimum absolute atomic E-state index is 0.0399. The molecule has 5 heteroatoms. The summed E-state index contributed by atoms with van der Waals surface area (Å²) in [5, 5.41) is 2.91. The average Bonchev–Trinajstić information content (AvgIpc) is 2.66. The van der Waals surface area contributed by atoms with Crippen molar-refractivity contribution >= 4 is 23.2 Å². The number of hydrogen-bond acceptors (Lipinski definition) is 3. The minimum Gasteiger partial charge on any atom is -0.483 e. The van der Waals surface area contributed by atoms with Crippen LogP contribution in [0.1, 0.15) is 43.4 Å². The van der Waals surface area contributed by atoms with Crippen LogP contribution in [0.15, 0.2) is 36.4 Å². The van der Waals surface area contributed by atoms with E-state index in [9.17, 15) is 9.59 Å². The molecule has 1 aliphatic rings. The van der Waals surface area contributed by atoms with Crippen LogP contribution >= 0.6 is 0 Å². The Morgan fingerprint density at radius 1 is 1.14 bits per heavy atom. The second kappa shape index (κ2) is 9.12. The van der Waals surface area contributed by atoms with Crippen LogP contribution in [0.4, 0.5) is 11.4 Å². The number of ether oxygens (including phenoxy) is 1. The highest BCUT2D eigenvalue weighted by Crippen LogP contribution is 2.31. The zero-order valence-corrected chi connectivity index (χ0v) is 17.7. The standard InChI is InChI=1S/C24H30N2O3/c1-16(2)12-13-26-21-10-9-20(14-19(21)8-11-23(26)28)25-22(27)15-29-24-17(3)6-5-7-18(24)4/h5-7,9-10,14,16H,8,11-13,15H2,1-4H3,(H,25,27). The Morgan fingerprint density at radius 3 is 2.55 bits per heavy atom. The molecule has 0 bridgehead atoms. The summed E-state index contributed by atoms with van der Waals surface area (Å²) in [6.07, 6.45) is 2.19. The van der Waals surface area contributed by atoms with Gasteiger partial charge in [0.2, 0.25) is 5.91 Å². The Labute approximate surface area is 173 Å². The Balaban J connectivity index is 1.65. The number of carbonyl (C=O) groups excluding carboxylic acids is 2. The van der Waals surface area contributed by atoms with Gasteiger partial charge in [0.1, 0.15) is 5.75 Å². The summed E-state index contributed by atoms with van der Waals surface area (Å²) in [5.74, 6) is 1.28. The van der Waals surface area contributed by atoms with Crippen molar-refractivity contribution < 1.29 is 14.3 Å². The van der Waals surface area contributed by atoms with E-state index in [1.807, 2.05) is 55.1 Å². The molecule has 5 nitrogen and oxygen atoms in total. The molecule has 29 heavy (non-hydrogen) atoms. The Kier molecular flexibility index (Phi) is 6.57. The number of anilines is 2. The third-order valence-electron chi connectivity index (χ3n) is 5.25. The number of benzene rings is 2. The highest BCUT2D eigenvalue weighted by atomic mass is 16.5. The predicted molar refractivity (Wildman–Crippen MR) is 117 cm³/mol. The third-order valence-corrected chi connectivity index (χ3v) is 5.25. The van der Waals surface area contributed by atoms with Gasteiger partial charge >= 0.3 is 0 Å². The van der Waals surface area contributed by atoms with Gasteiger partial charge in [0.05, 0.1) is 0 Å². The lowest BCUT2D eigenvalue weighted by Gasteiger charge is -2.30. The van der Waals surface area contributed by atoms with Crippen molar-refractivity contribution in [2.75, 3.05) is 23.4 Å². The number of carbonyl (C=O) groups is 2. The van der Waals surface area contributed by atoms with Crippen molar-refractivity contribution in [1.29, 1.82) is 0 Å². The first-order valence-electron chi connectivity index (χ1n) is 10.3. The van der Waals surface area contributed by atoms with E-state index in [4.69, 9.17) is 4.74 Å². The molecule has 1 heterocycles. The maximum atomic E-state index is 12.4. The number of nitrogens with one attached hydrogen (secondary N) is 1. The highest BCUT2D eigenvalue weighted by Gasteiger charge is 2.24. The first-order valence-corrected chi connectivity index (χ1v) is 10.3. The maximum Gasteiger partial charge on any atom is 0.262 e. The van der Waals surface area contributed by atoms with Gasteiger partial charge in [-0.1, -0.05) is 32.0 Å². The van der Waals surface area contributed by atoms with Gasteiger partial charge in [-0.15, -0.1) is 0 Å². The highest BCUT2D eigenvalue weighted by molar-refractivity contribution is 5.97. The van der Waals surface area contributed by atoms with Gasteiger partial charge in [-0.2, -0.15) is 0 Å². The predicted octanol–water partition coefficient (Wildman–Crippen LogP) is 4.65. The number of rotatable bonds is 7. The molecule has 3 rings (SSSR count). The van der Waals surface area contributed by atoms with E-state index in [-0.39, 0.29) is 18.4 Å². The van der Waals surface area contributed by atoms with Crippen LogP contribution in [-0.4, -0.2) is 25.0 Å². The van der Waals surface area contributed by atoms with E-state index in [0.29, 0.717) is 18.8 Å². The molecule has 0 saturated carbocycles. The van der Waals surface area contributed by atoms with E-state index in [1.165, 1.54) is 0 Å². The lowest BCUT2D eigenvalue weighted by molar-refractivity contribution is -0.119. The number of nitrogens with zero attached hydrogens (tertiary/aromatic N) is 1. The van der Waals surface area contributed by atoms with Crippen molar-refractivity contribution in [2.24, 2.45) is 5.92 Å². The van der Waals surface area contributed by atoms with Gasteiger partial charge in [-0.05, 0) is 67.5 Å². The molecule has 0 aliphatic carbocycles. The Hall–Kier alpha value is -2.82. The van der Waals surface area contributed by atoms with E-state index in [2.05, 4.69) is 19.2 Å². The third kappa shape index (κ3) is 5.17. The molecule has 0 radical (unpaired) electrons. The molecule has 154 valence electrons. The summed E-state index contributed by atoms with van der Waals surface area (Å²) in [7, 11) is 0. The smallest absolute Gasteiger partial charge is 0.262 e. The van der Waals surface area contributed by atoms with Gasteiger partial charge in [-0.25, -0.2) is 0 Å². The van der Waals surface area contributed by atoms with Crippen LogP contribution < -0.4 is 15.0 Å². The summed E-state index contributed by atoms with van der Waals surface area (Å²) in [5.41, 5.74) is 4.82. The normalized spacial score (nSPS) is 13.4. The average molecular weight is 395 g/mol. The van der Waals surface area contributed by atoms with Gasteiger partial charge in [-0.3, -0.25) is 9.59 Å². The van der Waals surface area contributed by atoms with Gasteiger partial charge in [0.15, 0.2) is 6.61 Å². The van der Waals surface area contributed by atoms with Crippen molar-refractivity contribution in [2.45, 2.75) is 47.0 Å². The molecule has 1 N–H and O–H groups in total. The van der Waals surface area contributed by atoms with Crippen LogP contribution in [-0.2, 0) is 16.0 Å². The van der Waals surface area contributed by atoms with Gasteiger partial charge in [0.25, 0.3) is 5.91 Å². The van der Waals surface area contributed by atoms with Gasteiger partial charge in [0, 0.05) is 24.3 Å². The number of aryl methyl sites for hydroxylation is 3. The summed E-state index contributed by atoms with van der Waals surface area (Å²) in [4.78, 5) is 26.6. The molecule has 0 saturated heterocycles. The van der Waals surface area contributed by atoms with Crippen LogP contribution in [0.5, 0.6) is 5.75 Å². The Bertz CT molecular complexity index is 885. The topological polar surface area (TPSA) is 58.6 Å². The molecule has 0 aromatic heterocycles. The molecule has 0 atom stereocenters. The molecular weight excluding hydrogens is 364 g/mol. The molecular formula is C24H30N2O3. The number of hydrogen-bond donors (Lipinski definition) is 1. The molecule has 2 amide bonds. The van der Waals surface area contributed by atoms with Crippen molar-refractivity contribution in [3.8, 4) is 5.75 Å². The van der Waals surface area contributed by atoms with Crippen molar-refractivity contribution in [3.05, 3.63) is 53.1 Å². The fourth-order valence-electron chi connectivity index (χ4n) is 3.63. The van der Waals surface area contributed by atoms with Crippen LogP contribution in [0.3, 0.4) is 0 Å². The zero-order valence-electron chi connectivity index (χ0n) is 17.7. The van der Waals surface area contributed by atoms with Crippen LogP contribution in [0.25, 0.3) is 0 Å². The summed E-state index contributed by atoms with van der Waals surface area (Å²) in [6.45, 7) is 8.95. The van der Waals surface area contributed by atoms with Crippen LogP contribution in [0, 0.1) is 19.8 Å². The van der Waals surface area contributed by atoms with E-state index in [1.54, 1.807) is 0 Å². The number of fused-ring (bicyclic) bond motifs is 1. The zero-order chi connectivity index (χ0) is 21.0. The monoisotopic (exact) mass is 394 g/mol. The number of para-hydroxylation sites is 1. The molecule has 1 aliphatic heterocycles. The molecule has 0 unspecified atom stereocenters. The number of amides is 2. The second-order valence-corrected chi connectivity index (χ2v) is 8.13. The van der Waals surface area contributed by atoms with E-state index in [0.717, 1.165) is 46.8 Å². The van der Waals surface area contributed by atoms with E-state index >= 15 is 0 Å². The summed E-state index contributed by atoms with van der Waals surface area (Å²) >= 11 is 0. The van der Waals surface area contributed by atoms with Crippen molar-refractivity contribution in [1.82, 2.24) is 0 Å². The largest absolute Gasteiger partial charge is 0.483 e. The molecule has 0 spiro atoms. The SMILES string of the molecule is Cc1cccc(C)c1OCC(=O)Nc1ccc2c(c1)CCC(=O)N2CCC(C)C. The maximum absolute atomic E-state index is 12.4. The lowest BCUT2D eigenvalue weighted by Crippen LogP contribution is -2.36. The first-order chi connectivity index (χ1) is 13.8. The molecule has 0 fully saturated rings. The Morgan fingerprint density at radius 2 is 1.86 bits per heavy atom. The lowest BCUT2D eigenvalue weighted by atomic mass is 9.99. The second-order valence-electron chi connectivity index (χ2n) is 8.13. The summed E-state index contributed by atoms with van der Waals surface area (Å²) in [6, 6.07) is 11.7. The van der Waals surface area contributed by atoms with Crippen LogP contribution in [0.2, 0.25) is 0 Å². The van der Waals surface area contributed by atoms with Gasteiger partial charge < -0.3 is 15.0 Å². The van der Waals surface area contributed by atoms with Crippen molar-refractivity contribution in [3.63, 3.8) is 0 Å². The fourth-order valence-corrected chi connectivity index (χ4v) is 3.63. The fraction of sp³-hybridized carbons (Fsp3) is 0.417. The summed E-state index contributed by atoms with van der Waals surface area (Å²) < 4.78 is 5.73. The molecule has 2 aromatic rings. The molecule has 2 aromatic carbocycles. The minimum atomic E-state index is -0.198. The first kappa shape index (κ1) is 20.9. The quantitative estimate of drug-likeness (QED) is 0.744.